The summed E-state index contributed by atoms with van der Waals surface area (Å²) in [6.45, 7) is 6.82. The monoisotopic (exact) mass is 375 g/mol. The number of likely N-dealkylation sites (tertiary alicyclic amines) is 1. The normalized spacial score (nSPS) is 20.6. The minimum Gasteiger partial charge on any atom is -0.378 e. The van der Waals surface area contributed by atoms with Gasteiger partial charge in [0.1, 0.15) is 5.69 Å². The van der Waals surface area contributed by atoms with Gasteiger partial charge in [-0.2, -0.15) is 5.10 Å². The number of hydrogen-bond acceptors (Lipinski definition) is 6. The molecule has 0 aromatic carbocycles. The number of amides is 1. The van der Waals surface area contributed by atoms with E-state index in [4.69, 9.17) is 4.74 Å². The zero-order valence-corrected chi connectivity index (χ0v) is 16.2. The van der Waals surface area contributed by atoms with Crippen molar-refractivity contribution in [3.63, 3.8) is 0 Å². The average Bonchev–Trinajstić information content (AvgIpc) is 3.25. The number of aryl methyl sites for hydroxylation is 2. The molecule has 8 heteroatoms. The Balaban J connectivity index is 1.44. The van der Waals surface area contributed by atoms with E-state index in [1.807, 2.05) is 25.1 Å². The van der Waals surface area contributed by atoms with Crippen molar-refractivity contribution in [2.45, 2.75) is 31.8 Å². The van der Waals surface area contributed by atoms with E-state index in [9.17, 15) is 4.79 Å². The molecular weight excluding hydrogens is 350 g/mol. The first kappa shape index (κ1) is 17.6. The summed E-state index contributed by atoms with van der Waals surface area (Å²) in [6, 6.07) is 1.79. The lowest BCUT2D eigenvalue weighted by Gasteiger charge is -2.50. The molecule has 2 saturated heterocycles. The Morgan fingerprint density at radius 3 is 2.81 bits per heavy atom. The van der Waals surface area contributed by atoms with Crippen molar-refractivity contribution in [1.82, 2.24) is 24.6 Å². The van der Waals surface area contributed by atoms with Gasteiger partial charge in [0, 0.05) is 50.3 Å². The van der Waals surface area contributed by atoms with E-state index >= 15 is 0 Å². The van der Waals surface area contributed by atoms with Crippen LogP contribution in [-0.4, -0.2) is 68.9 Å². The van der Waals surface area contributed by atoms with E-state index in [1.54, 1.807) is 22.1 Å². The van der Waals surface area contributed by atoms with Crippen molar-refractivity contribution in [2.24, 2.45) is 7.05 Å². The molecule has 2 aromatic rings. The van der Waals surface area contributed by atoms with Crippen molar-refractivity contribution in [2.75, 3.05) is 32.8 Å². The molecule has 0 radical (unpaired) electrons. The van der Waals surface area contributed by atoms with Gasteiger partial charge >= 0.3 is 0 Å². The summed E-state index contributed by atoms with van der Waals surface area (Å²) < 4.78 is 7.51. The number of morpholine rings is 1. The van der Waals surface area contributed by atoms with Gasteiger partial charge in [0.15, 0.2) is 0 Å². The van der Waals surface area contributed by atoms with E-state index in [2.05, 4.69) is 20.4 Å². The molecular formula is C18H25N5O2S. The van der Waals surface area contributed by atoms with Crippen molar-refractivity contribution >= 4 is 17.2 Å². The summed E-state index contributed by atoms with van der Waals surface area (Å²) in [5.41, 5.74) is 1.68. The first-order chi connectivity index (χ1) is 12.6. The molecule has 0 atom stereocenters. The summed E-state index contributed by atoms with van der Waals surface area (Å²) in [5, 5.41) is 7.51. The van der Waals surface area contributed by atoms with Crippen LogP contribution in [0.2, 0.25) is 0 Å². The lowest BCUT2D eigenvalue weighted by atomic mass is 9.85. The molecule has 0 unspecified atom stereocenters. The smallest absolute Gasteiger partial charge is 0.274 e. The van der Waals surface area contributed by atoms with Gasteiger partial charge in [0.2, 0.25) is 0 Å². The average molecular weight is 375 g/mol. The maximum absolute atomic E-state index is 12.7. The summed E-state index contributed by atoms with van der Waals surface area (Å²) >= 11 is 1.70. The fraction of sp³-hybridized carbons (Fsp3) is 0.611. The van der Waals surface area contributed by atoms with Gasteiger partial charge in [-0.25, -0.2) is 4.98 Å². The number of carbonyl (C=O) groups excluding carboxylic acids is 1. The molecule has 2 aliphatic rings. The van der Waals surface area contributed by atoms with E-state index in [0.29, 0.717) is 5.69 Å². The van der Waals surface area contributed by atoms with Crippen LogP contribution in [0.25, 0.3) is 0 Å². The summed E-state index contributed by atoms with van der Waals surface area (Å²) in [5.74, 6) is 0.0267. The van der Waals surface area contributed by atoms with Gasteiger partial charge in [0.25, 0.3) is 5.91 Å². The van der Waals surface area contributed by atoms with Crippen LogP contribution in [0.4, 0.5) is 0 Å². The number of piperidine rings is 1. The third-order valence-electron chi connectivity index (χ3n) is 5.48. The quantitative estimate of drug-likeness (QED) is 0.817. The molecule has 0 N–H and O–H groups in total. The highest BCUT2D eigenvalue weighted by molar-refractivity contribution is 7.09. The Kier molecular flexibility index (Phi) is 4.81. The molecule has 0 bridgehead atoms. The number of nitrogens with zero attached hydrogens (tertiary/aromatic N) is 5. The summed E-state index contributed by atoms with van der Waals surface area (Å²) in [6.07, 6.45) is 3.66. The predicted molar refractivity (Wildman–Crippen MR) is 99.2 cm³/mol. The molecule has 1 spiro atoms. The van der Waals surface area contributed by atoms with Gasteiger partial charge in [-0.1, -0.05) is 0 Å². The topological polar surface area (TPSA) is 63.5 Å². The Hall–Kier alpha value is -1.77. The van der Waals surface area contributed by atoms with Crippen LogP contribution >= 0.6 is 11.3 Å². The number of ether oxygens (including phenoxy) is 1. The number of aromatic nitrogens is 3. The predicted octanol–water partition coefficient (Wildman–Crippen LogP) is 1.69. The summed E-state index contributed by atoms with van der Waals surface area (Å²) in [4.78, 5) is 21.7. The molecule has 2 aliphatic heterocycles. The fourth-order valence-electron chi connectivity index (χ4n) is 3.97. The second-order valence-electron chi connectivity index (χ2n) is 7.22. The molecule has 26 heavy (non-hydrogen) atoms. The van der Waals surface area contributed by atoms with Crippen molar-refractivity contribution in [1.29, 1.82) is 0 Å². The van der Waals surface area contributed by atoms with Crippen LogP contribution < -0.4 is 0 Å². The lowest BCUT2D eigenvalue weighted by molar-refractivity contribution is -0.0962. The van der Waals surface area contributed by atoms with E-state index in [1.165, 1.54) is 0 Å². The Bertz CT molecular complexity index is 778. The highest BCUT2D eigenvalue weighted by Crippen LogP contribution is 2.33. The minimum absolute atomic E-state index is 0.0106. The van der Waals surface area contributed by atoms with Crippen LogP contribution in [0, 0.1) is 6.92 Å². The molecule has 4 rings (SSSR count). The largest absolute Gasteiger partial charge is 0.378 e. The van der Waals surface area contributed by atoms with Crippen molar-refractivity contribution in [3.05, 3.63) is 34.0 Å². The van der Waals surface area contributed by atoms with Crippen molar-refractivity contribution in [3.8, 4) is 0 Å². The molecule has 4 heterocycles. The van der Waals surface area contributed by atoms with E-state index in [0.717, 1.165) is 62.9 Å². The second kappa shape index (κ2) is 7.09. The highest BCUT2D eigenvalue weighted by atomic mass is 32.1. The summed E-state index contributed by atoms with van der Waals surface area (Å²) in [7, 11) is 1.83. The molecule has 2 fully saturated rings. The standard InChI is InChI=1S/C18H25N5O2S/c1-14-19-15(12-26-14)11-23-9-10-25-13-18(23)4-7-22(8-5-18)17(24)16-3-6-21(2)20-16/h3,6,12H,4-5,7-11,13H2,1-2H3. The Morgan fingerprint density at radius 1 is 1.35 bits per heavy atom. The molecule has 1 amide bonds. The minimum atomic E-state index is 0.0106. The van der Waals surface area contributed by atoms with Crippen molar-refractivity contribution < 1.29 is 9.53 Å². The molecule has 0 saturated carbocycles. The van der Waals surface area contributed by atoms with Gasteiger partial charge in [-0.05, 0) is 25.8 Å². The van der Waals surface area contributed by atoms with Gasteiger partial charge in [-0.15, -0.1) is 11.3 Å². The number of hydrogen-bond donors (Lipinski definition) is 0. The molecule has 7 nitrogen and oxygen atoms in total. The van der Waals surface area contributed by atoms with Crippen LogP contribution in [-0.2, 0) is 18.3 Å². The van der Waals surface area contributed by atoms with Crippen LogP contribution in [0.1, 0.15) is 34.0 Å². The lowest BCUT2D eigenvalue weighted by Crippen LogP contribution is -2.61. The van der Waals surface area contributed by atoms with E-state index in [-0.39, 0.29) is 11.4 Å². The molecule has 2 aromatic heterocycles. The maximum Gasteiger partial charge on any atom is 0.274 e. The molecule has 0 aliphatic carbocycles. The van der Waals surface area contributed by atoms with Crippen LogP contribution in [0.3, 0.4) is 0 Å². The third-order valence-corrected chi connectivity index (χ3v) is 6.30. The van der Waals surface area contributed by atoms with E-state index < -0.39 is 0 Å². The van der Waals surface area contributed by atoms with Crippen LogP contribution in [0.5, 0.6) is 0 Å². The third kappa shape index (κ3) is 3.41. The second-order valence-corrected chi connectivity index (χ2v) is 8.29. The Morgan fingerprint density at radius 2 is 2.15 bits per heavy atom. The first-order valence-electron chi connectivity index (χ1n) is 9.08. The highest BCUT2D eigenvalue weighted by Gasteiger charge is 2.43. The fourth-order valence-corrected chi connectivity index (χ4v) is 4.57. The number of carbonyl (C=O) groups is 1. The van der Waals surface area contributed by atoms with Gasteiger partial charge in [0.05, 0.1) is 23.9 Å². The van der Waals surface area contributed by atoms with Gasteiger partial charge < -0.3 is 9.64 Å². The maximum atomic E-state index is 12.7. The zero-order valence-electron chi connectivity index (χ0n) is 15.3. The first-order valence-corrected chi connectivity index (χ1v) is 9.96. The number of thiazole rings is 1. The molecule has 140 valence electrons. The SMILES string of the molecule is Cc1nc(CN2CCOCC23CCN(C(=O)c2ccn(C)n2)CC3)cs1. The zero-order chi connectivity index (χ0) is 18.1. The van der Waals surface area contributed by atoms with Gasteiger partial charge in [-0.3, -0.25) is 14.4 Å². The Labute approximate surface area is 157 Å². The van der Waals surface area contributed by atoms with Crippen LogP contribution in [0.15, 0.2) is 17.6 Å². The number of rotatable bonds is 3.